The van der Waals surface area contributed by atoms with E-state index in [1.54, 1.807) is 0 Å². The van der Waals surface area contributed by atoms with Gasteiger partial charge in [0.1, 0.15) is 6.29 Å². The molecule has 1 atom stereocenters. The lowest BCUT2D eigenvalue weighted by Crippen LogP contribution is -1.93. The number of benzene rings is 1. The molecule has 1 unspecified atom stereocenters. The molecule has 0 fully saturated rings. The summed E-state index contributed by atoms with van der Waals surface area (Å²) in [6.45, 7) is 0. The van der Waals surface area contributed by atoms with Crippen LogP contribution in [0.25, 0.3) is 0 Å². The molecule has 1 aromatic carbocycles. The maximum Gasteiger partial charge on any atom is 0.120 e. The van der Waals surface area contributed by atoms with Crippen molar-refractivity contribution < 1.29 is 4.79 Å². The standard InChI is InChI=1S/C11H11ClO/c12-10-3-4-11-8(5-6-13)1-2-9(11)7-10/h3-4,6-8H,1-2,5H2. The van der Waals surface area contributed by atoms with E-state index >= 15 is 0 Å². The van der Waals surface area contributed by atoms with Gasteiger partial charge < -0.3 is 4.79 Å². The topological polar surface area (TPSA) is 17.1 Å². The summed E-state index contributed by atoms with van der Waals surface area (Å²) in [5.74, 6) is 0.435. The molecule has 0 saturated carbocycles. The van der Waals surface area contributed by atoms with E-state index in [1.165, 1.54) is 11.1 Å². The first-order valence-corrected chi connectivity index (χ1v) is 4.91. The van der Waals surface area contributed by atoms with Crippen LogP contribution in [0.5, 0.6) is 0 Å². The van der Waals surface area contributed by atoms with E-state index in [4.69, 9.17) is 11.6 Å². The Morgan fingerprint density at radius 2 is 2.38 bits per heavy atom. The number of carbonyl (C=O) groups excluding carboxylic acids is 1. The van der Waals surface area contributed by atoms with Gasteiger partial charge in [-0.2, -0.15) is 0 Å². The fraction of sp³-hybridized carbons (Fsp3) is 0.364. The van der Waals surface area contributed by atoms with Crippen molar-refractivity contribution in [3.05, 3.63) is 34.3 Å². The Morgan fingerprint density at radius 3 is 3.15 bits per heavy atom. The molecule has 1 nitrogen and oxygen atoms in total. The van der Waals surface area contributed by atoms with Crippen molar-refractivity contribution in [2.75, 3.05) is 0 Å². The molecule has 0 amide bonds. The molecule has 0 spiro atoms. The van der Waals surface area contributed by atoms with Gasteiger partial charge in [0.15, 0.2) is 0 Å². The van der Waals surface area contributed by atoms with Crippen molar-refractivity contribution in [1.29, 1.82) is 0 Å². The van der Waals surface area contributed by atoms with Gasteiger partial charge in [-0.25, -0.2) is 0 Å². The first kappa shape index (κ1) is 8.76. The minimum atomic E-state index is 0.435. The van der Waals surface area contributed by atoms with Crippen LogP contribution in [0.1, 0.15) is 29.9 Å². The normalized spacial score (nSPS) is 19.9. The molecule has 2 heteroatoms. The van der Waals surface area contributed by atoms with Crippen molar-refractivity contribution in [1.82, 2.24) is 0 Å². The minimum absolute atomic E-state index is 0.435. The smallest absolute Gasteiger partial charge is 0.120 e. The average Bonchev–Trinajstić information content (AvgIpc) is 2.49. The summed E-state index contributed by atoms with van der Waals surface area (Å²) >= 11 is 5.88. The Kier molecular flexibility index (Phi) is 2.36. The Balaban J connectivity index is 2.32. The van der Waals surface area contributed by atoms with Gasteiger partial charge in [-0.15, -0.1) is 0 Å². The number of halogens is 1. The number of carbonyl (C=O) groups is 1. The van der Waals surface area contributed by atoms with Crippen molar-refractivity contribution in [3.63, 3.8) is 0 Å². The highest BCUT2D eigenvalue weighted by Gasteiger charge is 2.21. The number of aryl methyl sites for hydroxylation is 1. The zero-order valence-corrected chi connectivity index (χ0v) is 8.05. The van der Waals surface area contributed by atoms with Crippen LogP contribution in [0.3, 0.4) is 0 Å². The molecule has 0 saturated heterocycles. The number of fused-ring (bicyclic) bond motifs is 1. The van der Waals surface area contributed by atoms with E-state index in [-0.39, 0.29) is 0 Å². The van der Waals surface area contributed by atoms with Gasteiger partial charge in [0.25, 0.3) is 0 Å². The fourth-order valence-electron chi connectivity index (χ4n) is 2.04. The zero-order chi connectivity index (χ0) is 9.26. The summed E-state index contributed by atoms with van der Waals surface area (Å²) in [5.41, 5.74) is 2.64. The molecule has 0 radical (unpaired) electrons. The second-order valence-electron chi connectivity index (χ2n) is 3.48. The van der Waals surface area contributed by atoms with E-state index in [0.29, 0.717) is 12.3 Å². The summed E-state index contributed by atoms with van der Waals surface area (Å²) in [5, 5.41) is 0.797. The Bertz CT molecular complexity index is 333. The average molecular weight is 195 g/mol. The van der Waals surface area contributed by atoms with Crippen molar-refractivity contribution >= 4 is 17.9 Å². The summed E-state index contributed by atoms with van der Waals surface area (Å²) < 4.78 is 0. The Hall–Kier alpha value is -0.820. The molecule has 1 aliphatic carbocycles. The fourth-order valence-corrected chi connectivity index (χ4v) is 2.23. The molecule has 13 heavy (non-hydrogen) atoms. The number of rotatable bonds is 2. The summed E-state index contributed by atoms with van der Waals surface area (Å²) in [4.78, 5) is 10.4. The van der Waals surface area contributed by atoms with E-state index < -0.39 is 0 Å². The first-order chi connectivity index (χ1) is 6.31. The molecule has 0 bridgehead atoms. The highest BCUT2D eigenvalue weighted by molar-refractivity contribution is 6.30. The van der Waals surface area contributed by atoms with Crippen LogP contribution in [-0.2, 0) is 11.2 Å². The lowest BCUT2D eigenvalue weighted by molar-refractivity contribution is -0.108. The van der Waals surface area contributed by atoms with E-state index in [2.05, 4.69) is 6.07 Å². The van der Waals surface area contributed by atoms with Gasteiger partial charge >= 0.3 is 0 Å². The molecule has 0 aromatic heterocycles. The van der Waals surface area contributed by atoms with Crippen LogP contribution in [-0.4, -0.2) is 6.29 Å². The van der Waals surface area contributed by atoms with Crippen molar-refractivity contribution in [2.24, 2.45) is 0 Å². The minimum Gasteiger partial charge on any atom is -0.303 e. The van der Waals surface area contributed by atoms with Gasteiger partial charge in [-0.05, 0) is 42.0 Å². The second-order valence-corrected chi connectivity index (χ2v) is 3.92. The van der Waals surface area contributed by atoms with Gasteiger partial charge in [0.2, 0.25) is 0 Å². The van der Waals surface area contributed by atoms with Crippen LogP contribution in [0, 0.1) is 0 Å². The third-order valence-electron chi connectivity index (χ3n) is 2.69. The number of hydrogen-bond donors (Lipinski definition) is 0. The third kappa shape index (κ3) is 1.61. The predicted octanol–water partition coefficient (Wildman–Crippen LogP) is 2.96. The molecular weight excluding hydrogens is 184 g/mol. The quantitative estimate of drug-likeness (QED) is 0.662. The summed E-state index contributed by atoms with van der Waals surface area (Å²) in [7, 11) is 0. The third-order valence-corrected chi connectivity index (χ3v) is 2.92. The number of aldehydes is 1. The Labute approximate surface area is 82.7 Å². The lowest BCUT2D eigenvalue weighted by atomic mass is 9.99. The molecular formula is C11H11ClO. The SMILES string of the molecule is O=CCC1CCc2cc(Cl)ccc21. The Morgan fingerprint density at radius 1 is 1.54 bits per heavy atom. The van der Waals surface area contributed by atoms with Gasteiger partial charge in [0.05, 0.1) is 0 Å². The van der Waals surface area contributed by atoms with Crippen LogP contribution in [0.15, 0.2) is 18.2 Å². The first-order valence-electron chi connectivity index (χ1n) is 4.53. The maximum absolute atomic E-state index is 10.4. The second kappa shape index (κ2) is 3.51. The summed E-state index contributed by atoms with van der Waals surface area (Å²) in [6, 6.07) is 5.98. The van der Waals surface area contributed by atoms with Gasteiger partial charge in [-0.1, -0.05) is 17.7 Å². The summed E-state index contributed by atoms with van der Waals surface area (Å²) in [6.07, 6.45) is 3.81. The van der Waals surface area contributed by atoms with E-state index in [1.807, 2.05) is 12.1 Å². The van der Waals surface area contributed by atoms with Crippen molar-refractivity contribution in [2.45, 2.75) is 25.2 Å². The van der Waals surface area contributed by atoms with Crippen LogP contribution in [0.2, 0.25) is 5.02 Å². The molecule has 1 aromatic rings. The van der Waals surface area contributed by atoms with Gasteiger partial charge in [-0.3, -0.25) is 0 Å². The van der Waals surface area contributed by atoms with E-state index in [9.17, 15) is 4.79 Å². The highest BCUT2D eigenvalue weighted by Crippen LogP contribution is 2.35. The molecule has 0 aliphatic heterocycles. The van der Waals surface area contributed by atoms with Crippen LogP contribution in [0.4, 0.5) is 0 Å². The predicted molar refractivity (Wildman–Crippen MR) is 53.2 cm³/mol. The van der Waals surface area contributed by atoms with Crippen LogP contribution >= 0.6 is 11.6 Å². The van der Waals surface area contributed by atoms with Gasteiger partial charge in [0, 0.05) is 11.4 Å². The molecule has 0 heterocycles. The monoisotopic (exact) mass is 194 g/mol. The maximum atomic E-state index is 10.4. The molecule has 0 N–H and O–H groups in total. The largest absolute Gasteiger partial charge is 0.303 e. The van der Waals surface area contributed by atoms with E-state index in [0.717, 1.165) is 24.2 Å². The highest BCUT2D eigenvalue weighted by atomic mass is 35.5. The molecule has 1 aliphatic rings. The molecule has 2 rings (SSSR count). The van der Waals surface area contributed by atoms with Crippen molar-refractivity contribution in [3.8, 4) is 0 Å². The number of hydrogen-bond acceptors (Lipinski definition) is 1. The zero-order valence-electron chi connectivity index (χ0n) is 7.29. The molecule has 68 valence electrons. The lowest BCUT2D eigenvalue weighted by Gasteiger charge is -2.06. The van der Waals surface area contributed by atoms with Crippen LogP contribution < -0.4 is 0 Å².